The Balaban J connectivity index is 1.34. The van der Waals surface area contributed by atoms with Crippen molar-refractivity contribution in [1.82, 2.24) is 4.90 Å². The zero-order valence-corrected chi connectivity index (χ0v) is 15.8. The summed E-state index contributed by atoms with van der Waals surface area (Å²) in [5, 5.41) is 8.99. The van der Waals surface area contributed by atoms with Crippen LogP contribution in [0.3, 0.4) is 0 Å². The van der Waals surface area contributed by atoms with Crippen LogP contribution < -0.4 is 4.74 Å². The van der Waals surface area contributed by atoms with Gasteiger partial charge >= 0.3 is 0 Å². The lowest BCUT2D eigenvalue weighted by Crippen LogP contribution is -2.42. The van der Waals surface area contributed by atoms with E-state index in [0.717, 1.165) is 36.6 Å². The summed E-state index contributed by atoms with van der Waals surface area (Å²) in [6, 6.07) is 17.5. The van der Waals surface area contributed by atoms with E-state index in [1.807, 2.05) is 24.3 Å². The Morgan fingerprint density at radius 3 is 2.52 bits per heavy atom. The first-order chi connectivity index (χ1) is 13.2. The topological polar surface area (TPSA) is 36.3 Å². The van der Waals surface area contributed by atoms with Crippen LogP contribution in [0.25, 0.3) is 11.1 Å². The van der Waals surface area contributed by atoms with E-state index in [4.69, 9.17) is 10.00 Å². The molecule has 2 heterocycles. The van der Waals surface area contributed by atoms with Crippen molar-refractivity contribution in [3.63, 3.8) is 0 Å². The number of likely N-dealkylation sites (tertiary alicyclic amines) is 1. The first-order valence-electron chi connectivity index (χ1n) is 10.3. The van der Waals surface area contributed by atoms with Gasteiger partial charge in [0.15, 0.2) is 0 Å². The van der Waals surface area contributed by atoms with Gasteiger partial charge in [0.2, 0.25) is 0 Å². The minimum absolute atomic E-state index is 0.00409. The molecule has 1 saturated heterocycles. The van der Waals surface area contributed by atoms with Gasteiger partial charge in [-0.3, -0.25) is 0 Å². The maximum Gasteiger partial charge on any atom is 0.123 e. The molecule has 1 atom stereocenters. The SMILES string of the molecule is N#Cc1ccc(-c2ccc3c(c2)CC2(CCCN(C4CCC4)CC2)O3)cc1. The molecule has 3 heteroatoms. The second-order valence-corrected chi connectivity index (χ2v) is 8.45. The van der Waals surface area contributed by atoms with Crippen LogP contribution in [0.15, 0.2) is 42.5 Å². The van der Waals surface area contributed by atoms with Crippen molar-refractivity contribution >= 4 is 0 Å². The Hall–Kier alpha value is -2.31. The maximum absolute atomic E-state index is 8.99. The Labute approximate surface area is 161 Å². The van der Waals surface area contributed by atoms with Gasteiger partial charge in [-0.25, -0.2) is 0 Å². The van der Waals surface area contributed by atoms with Gasteiger partial charge in [0.1, 0.15) is 11.4 Å². The normalized spacial score (nSPS) is 25.3. The van der Waals surface area contributed by atoms with Crippen molar-refractivity contribution < 1.29 is 4.74 Å². The Kier molecular flexibility index (Phi) is 4.17. The van der Waals surface area contributed by atoms with Gasteiger partial charge in [-0.2, -0.15) is 5.26 Å². The van der Waals surface area contributed by atoms with E-state index in [1.54, 1.807) is 0 Å². The number of hydrogen-bond donors (Lipinski definition) is 0. The minimum atomic E-state index is 0.00409. The molecule has 1 unspecified atom stereocenters. The molecule has 2 aromatic rings. The highest BCUT2D eigenvalue weighted by atomic mass is 16.5. The zero-order valence-electron chi connectivity index (χ0n) is 15.8. The van der Waals surface area contributed by atoms with Crippen molar-refractivity contribution in [1.29, 1.82) is 5.26 Å². The summed E-state index contributed by atoms with van der Waals surface area (Å²) in [7, 11) is 0. The highest BCUT2D eigenvalue weighted by molar-refractivity contribution is 5.67. The first-order valence-corrected chi connectivity index (χ1v) is 10.3. The molecule has 1 saturated carbocycles. The molecule has 1 aliphatic carbocycles. The summed E-state index contributed by atoms with van der Waals surface area (Å²) < 4.78 is 6.55. The first kappa shape index (κ1) is 16.8. The molecule has 0 N–H and O–H groups in total. The smallest absolute Gasteiger partial charge is 0.123 e. The molecular formula is C24H26N2O. The van der Waals surface area contributed by atoms with E-state index >= 15 is 0 Å². The largest absolute Gasteiger partial charge is 0.487 e. The molecule has 2 aromatic carbocycles. The number of nitrogens with zero attached hydrogens (tertiary/aromatic N) is 2. The zero-order chi connectivity index (χ0) is 18.3. The Morgan fingerprint density at radius 1 is 0.963 bits per heavy atom. The monoisotopic (exact) mass is 358 g/mol. The average Bonchev–Trinajstić information content (AvgIpc) is 2.90. The van der Waals surface area contributed by atoms with Crippen molar-refractivity contribution in [2.75, 3.05) is 13.1 Å². The fourth-order valence-corrected chi connectivity index (χ4v) is 4.93. The molecule has 3 nitrogen and oxygen atoms in total. The standard InChI is InChI=1S/C24H26N2O/c25-17-18-5-7-19(8-6-18)20-9-10-23-21(15-20)16-24(27-23)11-2-13-26(14-12-24)22-3-1-4-22/h5-10,15,22H,1-4,11-14,16H2. The lowest BCUT2D eigenvalue weighted by atomic mass is 9.88. The Morgan fingerprint density at radius 2 is 1.78 bits per heavy atom. The van der Waals surface area contributed by atoms with Crippen LogP contribution in [-0.2, 0) is 6.42 Å². The quantitative estimate of drug-likeness (QED) is 0.763. The summed E-state index contributed by atoms with van der Waals surface area (Å²) in [5.74, 6) is 1.07. The minimum Gasteiger partial charge on any atom is -0.487 e. The number of rotatable bonds is 2. The third-order valence-corrected chi connectivity index (χ3v) is 6.77. The lowest BCUT2D eigenvalue weighted by Gasteiger charge is -2.37. The number of fused-ring (bicyclic) bond motifs is 1. The fourth-order valence-electron chi connectivity index (χ4n) is 4.93. The van der Waals surface area contributed by atoms with Gasteiger partial charge in [0.25, 0.3) is 0 Å². The van der Waals surface area contributed by atoms with E-state index in [-0.39, 0.29) is 5.60 Å². The average molecular weight is 358 g/mol. The molecule has 0 radical (unpaired) electrons. The van der Waals surface area contributed by atoms with E-state index < -0.39 is 0 Å². The molecule has 0 amide bonds. The molecule has 3 aliphatic rings. The molecule has 1 spiro atoms. The van der Waals surface area contributed by atoms with Gasteiger partial charge in [0.05, 0.1) is 11.6 Å². The number of ether oxygens (including phenoxy) is 1. The van der Waals surface area contributed by atoms with Crippen molar-refractivity contribution in [3.05, 3.63) is 53.6 Å². The second kappa shape index (κ2) is 6.69. The highest BCUT2D eigenvalue weighted by Gasteiger charge is 2.41. The van der Waals surface area contributed by atoms with Crippen LogP contribution in [0.2, 0.25) is 0 Å². The number of benzene rings is 2. The van der Waals surface area contributed by atoms with Gasteiger partial charge in [-0.1, -0.05) is 24.6 Å². The lowest BCUT2D eigenvalue weighted by molar-refractivity contribution is 0.0694. The molecular weight excluding hydrogens is 332 g/mol. The second-order valence-electron chi connectivity index (χ2n) is 8.45. The highest BCUT2D eigenvalue weighted by Crippen LogP contribution is 2.43. The molecule has 138 valence electrons. The summed E-state index contributed by atoms with van der Waals surface area (Å²) >= 11 is 0. The molecule has 2 fully saturated rings. The van der Waals surface area contributed by atoms with Crippen molar-refractivity contribution in [3.8, 4) is 22.9 Å². The van der Waals surface area contributed by atoms with Crippen LogP contribution in [0.1, 0.15) is 49.7 Å². The van der Waals surface area contributed by atoms with Crippen LogP contribution in [0.4, 0.5) is 0 Å². The third kappa shape index (κ3) is 3.13. The summed E-state index contributed by atoms with van der Waals surface area (Å²) in [5.41, 5.74) is 4.42. The van der Waals surface area contributed by atoms with Crippen molar-refractivity contribution in [2.24, 2.45) is 0 Å². The van der Waals surface area contributed by atoms with E-state index in [0.29, 0.717) is 5.56 Å². The van der Waals surface area contributed by atoms with Gasteiger partial charge in [0, 0.05) is 25.4 Å². The molecule has 2 aliphatic heterocycles. The fraction of sp³-hybridized carbons (Fsp3) is 0.458. The van der Waals surface area contributed by atoms with E-state index in [9.17, 15) is 0 Å². The maximum atomic E-state index is 8.99. The van der Waals surface area contributed by atoms with Gasteiger partial charge in [-0.05, 0) is 73.2 Å². The summed E-state index contributed by atoms with van der Waals surface area (Å²) in [6.45, 7) is 2.42. The van der Waals surface area contributed by atoms with Crippen molar-refractivity contribution in [2.45, 2.75) is 56.6 Å². The predicted molar refractivity (Wildman–Crippen MR) is 107 cm³/mol. The van der Waals surface area contributed by atoms with Crippen LogP contribution in [0.5, 0.6) is 5.75 Å². The number of hydrogen-bond acceptors (Lipinski definition) is 3. The summed E-state index contributed by atoms with van der Waals surface area (Å²) in [4.78, 5) is 2.72. The predicted octanol–water partition coefficient (Wildman–Crippen LogP) is 4.94. The van der Waals surface area contributed by atoms with E-state index in [1.165, 1.54) is 49.9 Å². The molecule has 27 heavy (non-hydrogen) atoms. The van der Waals surface area contributed by atoms with Crippen LogP contribution in [0, 0.1) is 11.3 Å². The van der Waals surface area contributed by atoms with Crippen LogP contribution >= 0.6 is 0 Å². The van der Waals surface area contributed by atoms with E-state index in [2.05, 4.69) is 29.2 Å². The third-order valence-electron chi connectivity index (χ3n) is 6.77. The van der Waals surface area contributed by atoms with Gasteiger partial charge < -0.3 is 9.64 Å². The van der Waals surface area contributed by atoms with Crippen LogP contribution in [-0.4, -0.2) is 29.6 Å². The molecule has 0 bridgehead atoms. The Bertz CT molecular complexity index is 878. The summed E-state index contributed by atoms with van der Waals surface area (Å²) in [6.07, 6.45) is 8.77. The number of nitriles is 1. The molecule has 0 aromatic heterocycles. The molecule has 5 rings (SSSR count). The van der Waals surface area contributed by atoms with Gasteiger partial charge in [-0.15, -0.1) is 0 Å².